The van der Waals surface area contributed by atoms with Gasteiger partial charge < -0.3 is 19.4 Å². The summed E-state index contributed by atoms with van der Waals surface area (Å²) in [5.74, 6) is 2.60. The zero-order valence-corrected chi connectivity index (χ0v) is 23.1. The van der Waals surface area contributed by atoms with E-state index in [-0.39, 0.29) is 5.91 Å². The third-order valence-corrected chi connectivity index (χ3v) is 6.80. The van der Waals surface area contributed by atoms with Crippen molar-refractivity contribution in [3.63, 3.8) is 0 Å². The molecule has 6 heteroatoms. The Kier molecular flexibility index (Phi) is 10.2. The van der Waals surface area contributed by atoms with Crippen LogP contribution < -0.4 is 14.8 Å². The Hall–Kier alpha value is -4.06. The molecule has 1 aromatic heterocycles. The van der Waals surface area contributed by atoms with E-state index in [0.29, 0.717) is 18.7 Å². The SMILES string of the molecule is C=CCc1ccc(OCCCn2c(CCCCCNC(=O)c3ccc(C)cc3)nc3ccccc32)c(OC)c1. The summed E-state index contributed by atoms with van der Waals surface area (Å²) in [5.41, 5.74) is 5.20. The van der Waals surface area contributed by atoms with Gasteiger partial charge in [0.1, 0.15) is 5.82 Å². The Morgan fingerprint density at radius 2 is 1.82 bits per heavy atom. The Bertz CT molecular complexity index is 1370. The van der Waals surface area contributed by atoms with Crippen LogP contribution in [0.25, 0.3) is 11.0 Å². The number of carbonyl (C=O) groups is 1. The van der Waals surface area contributed by atoms with Gasteiger partial charge in [-0.3, -0.25) is 4.79 Å². The first-order valence-corrected chi connectivity index (χ1v) is 13.8. The largest absolute Gasteiger partial charge is 0.493 e. The molecule has 0 aliphatic rings. The van der Waals surface area contributed by atoms with Gasteiger partial charge in [0.15, 0.2) is 11.5 Å². The topological polar surface area (TPSA) is 65.4 Å². The van der Waals surface area contributed by atoms with Gasteiger partial charge in [-0.25, -0.2) is 4.98 Å². The van der Waals surface area contributed by atoms with Crippen molar-refractivity contribution in [2.24, 2.45) is 0 Å². The van der Waals surface area contributed by atoms with Gasteiger partial charge in [-0.2, -0.15) is 0 Å². The lowest BCUT2D eigenvalue weighted by Gasteiger charge is -2.13. The molecule has 0 bridgehead atoms. The molecule has 4 aromatic rings. The molecule has 1 N–H and O–H groups in total. The summed E-state index contributed by atoms with van der Waals surface area (Å²) in [6.07, 6.45) is 7.44. The second-order valence-corrected chi connectivity index (χ2v) is 9.78. The lowest BCUT2D eigenvalue weighted by molar-refractivity contribution is 0.0953. The van der Waals surface area contributed by atoms with Gasteiger partial charge in [0.2, 0.25) is 0 Å². The fourth-order valence-electron chi connectivity index (χ4n) is 4.69. The van der Waals surface area contributed by atoms with Crippen LogP contribution in [0.5, 0.6) is 11.5 Å². The number of nitrogens with one attached hydrogen (secondary N) is 1. The van der Waals surface area contributed by atoms with Gasteiger partial charge in [-0.1, -0.05) is 48.4 Å². The molecule has 0 atom stereocenters. The molecule has 0 unspecified atom stereocenters. The zero-order valence-electron chi connectivity index (χ0n) is 23.1. The fraction of sp³-hybridized carbons (Fsp3) is 0.333. The average Bonchev–Trinajstić information content (AvgIpc) is 3.31. The number of para-hydroxylation sites is 2. The summed E-state index contributed by atoms with van der Waals surface area (Å²) in [5, 5.41) is 3.03. The summed E-state index contributed by atoms with van der Waals surface area (Å²) in [7, 11) is 1.67. The van der Waals surface area contributed by atoms with Crippen molar-refractivity contribution in [3.8, 4) is 11.5 Å². The molecule has 204 valence electrons. The molecule has 0 spiro atoms. The standard InChI is InChI=1S/C33H39N3O3/c1-4-11-26-17-20-30(31(24-26)38-3)39-23-10-22-36-29-13-8-7-12-28(29)35-32(36)14-6-5-9-21-34-33(37)27-18-15-25(2)16-19-27/h4,7-8,12-13,15-20,24H,1,5-6,9-11,14,21-23H2,2-3H3,(H,34,37). The number of allylic oxidation sites excluding steroid dienone is 1. The van der Waals surface area contributed by atoms with Crippen molar-refractivity contribution in [3.05, 3.63) is 102 Å². The van der Waals surface area contributed by atoms with Gasteiger partial charge in [0.05, 0.1) is 24.8 Å². The summed E-state index contributed by atoms with van der Waals surface area (Å²) in [6.45, 7) is 7.92. The molecule has 39 heavy (non-hydrogen) atoms. The highest BCUT2D eigenvalue weighted by Gasteiger charge is 2.11. The molecule has 0 saturated carbocycles. The number of ether oxygens (including phenoxy) is 2. The van der Waals surface area contributed by atoms with Crippen molar-refractivity contribution in [2.75, 3.05) is 20.3 Å². The zero-order chi connectivity index (χ0) is 27.5. The van der Waals surface area contributed by atoms with Crippen LogP contribution in [0.1, 0.15) is 53.0 Å². The highest BCUT2D eigenvalue weighted by molar-refractivity contribution is 5.94. The van der Waals surface area contributed by atoms with Crippen LogP contribution in [0.15, 0.2) is 79.4 Å². The van der Waals surface area contributed by atoms with Crippen LogP contribution in [0, 0.1) is 6.92 Å². The fourth-order valence-corrected chi connectivity index (χ4v) is 4.69. The Morgan fingerprint density at radius 3 is 2.62 bits per heavy atom. The van der Waals surface area contributed by atoms with Crippen molar-refractivity contribution in [1.29, 1.82) is 0 Å². The summed E-state index contributed by atoms with van der Waals surface area (Å²) in [6, 6.07) is 22.0. The summed E-state index contributed by atoms with van der Waals surface area (Å²) in [4.78, 5) is 17.2. The van der Waals surface area contributed by atoms with Crippen LogP contribution in [0.3, 0.4) is 0 Å². The number of imidazole rings is 1. The lowest BCUT2D eigenvalue weighted by atomic mass is 10.1. The second-order valence-electron chi connectivity index (χ2n) is 9.78. The van der Waals surface area contributed by atoms with Crippen molar-refractivity contribution in [1.82, 2.24) is 14.9 Å². The smallest absolute Gasteiger partial charge is 0.251 e. The first kappa shape index (κ1) is 28.0. The molecule has 0 saturated heterocycles. The van der Waals surface area contributed by atoms with Crippen LogP contribution in [0.4, 0.5) is 0 Å². The van der Waals surface area contributed by atoms with Gasteiger partial charge in [0.25, 0.3) is 5.91 Å². The number of unbranched alkanes of at least 4 members (excludes halogenated alkanes) is 2. The molecule has 3 aromatic carbocycles. The minimum absolute atomic E-state index is 0.00987. The Labute approximate surface area is 231 Å². The number of benzene rings is 3. The summed E-state index contributed by atoms with van der Waals surface area (Å²) >= 11 is 0. The minimum atomic E-state index is -0.00987. The number of carbonyl (C=O) groups excluding carboxylic acids is 1. The van der Waals surface area contributed by atoms with E-state index < -0.39 is 0 Å². The minimum Gasteiger partial charge on any atom is -0.493 e. The van der Waals surface area contributed by atoms with E-state index in [9.17, 15) is 4.79 Å². The molecule has 0 fully saturated rings. The number of aryl methyl sites for hydroxylation is 3. The van der Waals surface area contributed by atoms with Gasteiger partial charge in [-0.05, 0) is 74.6 Å². The van der Waals surface area contributed by atoms with Crippen molar-refractivity contribution < 1.29 is 14.3 Å². The van der Waals surface area contributed by atoms with Gasteiger partial charge in [0, 0.05) is 25.1 Å². The third kappa shape index (κ3) is 7.73. The molecule has 1 amide bonds. The molecule has 6 nitrogen and oxygen atoms in total. The number of fused-ring (bicyclic) bond motifs is 1. The van der Waals surface area contributed by atoms with Gasteiger partial charge in [-0.15, -0.1) is 6.58 Å². The van der Waals surface area contributed by atoms with E-state index in [2.05, 4.69) is 40.7 Å². The number of aromatic nitrogens is 2. The molecule has 0 radical (unpaired) electrons. The molecule has 1 heterocycles. The molecule has 0 aliphatic carbocycles. The highest BCUT2D eigenvalue weighted by Crippen LogP contribution is 2.28. The first-order chi connectivity index (χ1) is 19.1. The van der Waals surface area contributed by atoms with Crippen LogP contribution >= 0.6 is 0 Å². The average molecular weight is 526 g/mol. The predicted molar refractivity (Wildman–Crippen MR) is 158 cm³/mol. The highest BCUT2D eigenvalue weighted by atomic mass is 16.5. The van der Waals surface area contributed by atoms with E-state index in [1.807, 2.05) is 55.5 Å². The molecular formula is C33H39N3O3. The Balaban J connectivity index is 1.26. The maximum Gasteiger partial charge on any atom is 0.251 e. The number of methoxy groups -OCH3 is 1. The Morgan fingerprint density at radius 1 is 1.00 bits per heavy atom. The van der Waals surface area contributed by atoms with E-state index in [4.69, 9.17) is 14.5 Å². The van der Waals surface area contributed by atoms with Crippen LogP contribution in [-0.4, -0.2) is 35.7 Å². The number of hydrogen-bond acceptors (Lipinski definition) is 4. The maximum absolute atomic E-state index is 12.3. The van der Waals surface area contributed by atoms with Gasteiger partial charge >= 0.3 is 0 Å². The third-order valence-electron chi connectivity index (χ3n) is 6.80. The molecule has 0 aliphatic heterocycles. The molecule has 4 rings (SSSR count). The van der Waals surface area contributed by atoms with E-state index in [1.54, 1.807) is 7.11 Å². The molecular weight excluding hydrogens is 486 g/mol. The van der Waals surface area contributed by atoms with Crippen LogP contribution in [0.2, 0.25) is 0 Å². The van der Waals surface area contributed by atoms with E-state index in [1.165, 1.54) is 0 Å². The lowest BCUT2D eigenvalue weighted by Crippen LogP contribution is -2.24. The number of rotatable bonds is 15. The second kappa shape index (κ2) is 14.2. The van der Waals surface area contributed by atoms with Crippen molar-refractivity contribution >= 4 is 16.9 Å². The monoisotopic (exact) mass is 525 g/mol. The number of amides is 1. The van der Waals surface area contributed by atoms with Crippen LogP contribution in [-0.2, 0) is 19.4 Å². The predicted octanol–water partition coefficient (Wildman–Crippen LogP) is 6.69. The normalized spacial score (nSPS) is 10.9. The number of nitrogens with zero attached hydrogens (tertiary/aromatic N) is 2. The van der Waals surface area contributed by atoms with Crippen molar-refractivity contribution in [2.45, 2.75) is 52.0 Å². The first-order valence-electron chi connectivity index (χ1n) is 13.8. The van der Waals surface area contributed by atoms with E-state index in [0.717, 1.165) is 84.6 Å². The quantitative estimate of drug-likeness (QED) is 0.139. The summed E-state index contributed by atoms with van der Waals surface area (Å²) < 4.78 is 13.9. The van der Waals surface area contributed by atoms with E-state index >= 15 is 0 Å². The maximum atomic E-state index is 12.3. The number of hydrogen-bond donors (Lipinski definition) is 1.